The minimum Gasteiger partial charge on any atom is -0.462 e. The molecule has 1 unspecified atom stereocenters. The van der Waals surface area contributed by atoms with Gasteiger partial charge in [-0.1, -0.05) is 36.4 Å². The van der Waals surface area contributed by atoms with Crippen molar-refractivity contribution >= 4 is 46.9 Å². The predicted molar refractivity (Wildman–Crippen MR) is 149 cm³/mol. The summed E-state index contributed by atoms with van der Waals surface area (Å²) in [6.07, 6.45) is -9.48. The highest BCUT2D eigenvalue weighted by Crippen LogP contribution is 2.52. The molecule has 43 heavy (non-hydrogen) atoms. The molecule has 234 valence electrons. The molecular formula is C27H29F4N2O8PS. The van der Waals surface area contributed by atoms with Crippen LogP contribution in [0.3, 0.4) is 0 Å². The van der Waals surface area contributed by atoms with Gasteiger partial charge >= 0.3 is 18.5 Å². The fourth-order valence-electron chi connectivity index (χ4n) is 4.46. The minimum atomic E-state index is -4.43. The van der Waals surface area contributed by atoms with Gasteiger partial charge in [0.05, 0.1) is 19.1 Å². The van der Waals surface area contributed by atoms with E-state index in [1.54, 1.807) is 50.2 Å². The molecule has 2 N–H and O–H groups in total. The monoisotopic (exact) mass is 648 g/mol. The van der Waals surface area contributed by atoms with Crippen molar-refractivity contribution in [1.29, 1.82) is 0 Å². The summed E-state index contributed by atoms with van der Waals surface area (Å²) in [6, 6.07) is 10.6. The van der Waals surface area contributed by atoms with Crippen LogP contribution in [0.25, 0.3) is 10.8 Å². The van der Waals surface area contributed by atoms with Gasteiger partial charge in [-0.2, -0.15) is 8.78 Å². The quantitative estimate of drug-likeness (QED) is 0.160. The molecule has 0 aliphatic carbocycles. The summed E-state index contributed by atoms with van der Waals surface area (Å²) in [6.45, 7) is -0.987. The number of fused-ring (bicyclic) bond motifs is 1. The maximum absolute atomic E-state index is 15.3. The molecule has 1 fully saturated rings. The summed E-state index contributed by atoms with van der Waals surface area (Å²) >= 11 is 5.57. The second-order valence-corrected chi connectivity index (χ2v) is 13.4. The number of rotatable bonds is 11. The number of alkyl halides is 4. The Morgan fingerprint density at radius 3 is 2.51 bits per heavy atom. The van der Waals surface area contributed by atoms with Crippen molar-refractivity contribution in [3.05, 3.63) is 54.7 Å². The molecular weight excluding hydrogens is 619 g/mol. The molecule has 0 saturated carbocycles. The largest absolute Gasteiger partial charge is 0.462 e. The molecule has 0 spiro atoms. The van der Waals surface area contributed by atoms with E-state index in [1.807, 2.05) is 0 Å². The van der Waals surface area contributed by atoms with E-state index in [0.717, 1.165) is 6.08 Å². The molecule has 1 saturated heterocycles. The van der Waals surface area contributed by atoms with Crippen molar-refractivity contribution in [2.45, 2.75) is 69.6 Å². The fourth-order valence-corrected chi connectivity index (χ4v) is 6.88. The normalized spacial score (nSPS) is 25.8. The number of aliphatic hydroxyl groups is 1. The third-order valence-electron chi connectivity index (χ3n) is 6.63. The van der Waals surface area contributed by atoms with Crippen LogP contribution in [0.15, 0.2) is 54.7 Å². The van der Waals surface area contributed by atoms with E-state index in [-0.39, 0.29) is 10.6 Å². The number of ketones is 1. The Kier molecular flexibility index (Phi) is 9.64. The number of hydrogen-bond acceptors (Lipinski definition) is 9. The number of nitrogens with one attached hydrogen (secondary N) is 1. The molecule has 0 aromatic heterocycles. The maximum Gasteiger partial charge on any atom is 0.323 e. The van der Waals surface area contributed by atoms with Gasteiger partial charge in [-0.05, 0) is 50.1 Å². The molecule has 2 heterocycles. The lowest BCUT2D eigenvalue weighted by Crippen LogP contribution is -2.55. The predicted octanol–water partition coefficient (Wildman–Crippen LogP) is 4.06. The van der Waals surface area contributed by atoms with Crippen LogP contribution in [0.2, 0.25) is 0 Å². The molecule has 4 rings (SSSR count). The zero-order valence-electron chi connectivity index (χ0n) is 23.1. The topological polar surface area (TPSA) is 124 Å². The number of amides is 1. The van der Waals surface area contributed by atoms with Gasteiger partial charge in [0.15, 0.2) is 17.5 Å². The third-order valence-corrected chi connectivity index (χ3v) is 9.10. The van der Waals surface area contributed by atoms with Crippen molar-refractivity contribution in [1.82, 2.24) is 9.99 Å². The Balaban J connectivity index is 1.68. The summed E-state index contributed by atoms with van der Waals surface area (Å²) in [7, 11) is 0. The molecule has 1 amide bonds. The van der Waals surface area contributed by atoms with E-state index in [1.165, 1.54) is 13.0 Å². The first-order valence-corrected chi connectivity index (χ1v) is 15.7. The van der Waals surface area contributed by atoms with E-state index in [9.17, 15) is 28.3 Å². The maximum atomic E-state index is 15.3. The van der Waals surface area contributed by atoms with Gasteiger partial charge in [-0.3, -0.25) is 19.3 Å². The summed E-state index contributed by atoms with van der Waals surface area (Å²) in [4.78, 5) is 36.7. The van der Waals surface area contributed by atoms with Gasteiger partial charge in [0.2, 0.25) is 12.1 Å². The van der Waals surface area contributed by atoms with Gasteiger partial charge in [-0.25, -0.2) is 13.9 Å². The van der Waals surface area contributed by atoms with Crippen LogP contribution in [-0.2, 0) is 40.2 Å². The van der Waals surface area contributed by atoms with Crippen molar-refractivity contribution in [3.63, 3.8) is 0 Å². The molecule has 0 bridgehead atoms. The van der Waals surface area contributed by atoms with Crippen LogP contribution in [0.4, 0.5) is 17.6 Å². The Morgan fingerprint density at radius 2 is 1.86 bits per heavy atom. The van der Waals surface area contributed by atoms with Crippen LogP contribution in [0.5, 0.6) is 5.75 Å². The molecule has 16 heteroatoms. The molecule has 2 aromatic carbocycles. The first-order chi connectivity index (χ1) is 20.1. The van der Waals surface area contributed by atoms with Gasteiger partial charge in [-0.15, -0.1) is 0 Å². The Hall–Kier alpha value is -2.94. The van der Waals surface area contributed by atoms with E-state index in [2.05, 4.69) is 5.09 Å². The number of nitrogens with zero attached hydrogens (tertiary/aromatic N) is 1. The number of hydrogen-bond donors (Lipinski definition) is 2. The average Bonchev–Trinajstić information content (AvgIpc) is 3.13. The van der Waals surface area contributed by atoms with Crippen molar-refractivity contribution < 1.29 is 55.6 Å². The van der Waals surface area contributed by atoms with E-state index in [4.69, 9.17) is 30.3 Å². The first kappa shape index (κ1) is 33.0. The Bertz CT molecular complexity index is 1470. The van der Waals surface area contributed by atoms with Crippen molar-refractivity contribution in [2.24, 2.45) is 0 Å². The standard InChI is InChI=1S/C27H29F4N2O8PS/c1-15(2)39-22(36)16(3)32-42(43,41-20-10-6-8-17-7-4-5-9-19(17)20)38-14-26(24(28)29)23(37)27(30,31)25(40-26)33-12-11-18(34)13-21(33)35/h4-12,15-16,23-25,37H,13-14H2,1-3H3,(H,32,43)/t16-,23+,25+,26+,42?/m0/s1. The number of aliphatic hydroxyl groups excluding tert-OH is 1. The summed E-state index contributed by atoms with van der Waals surface area (Å²) in [5.74, 6) is -6.91. The number of carbonyl (C=O) groups is 3. The fraction of sp³-hybridized carbons (Fsp3) is 0.444. The van der Waals surface area contributed by atoms with Crippen molar-refractivity contribution in [2.75, 3.05) is 6.61 Å². The average molecular weight is 649 g/mol. The summed E-state index contributed by atoms with van der Waals surface area (Å²) in [5, 5.41) is 14.4. The Labute approximate surface area is 249 Å². The number of esters is 1. The first-order valence-electron chi connectivity index (χ1n) is 13.0. The second kappa shape index (κ2) is 12.6. The number of carbonyl (C=O) groups excluding carboxylic acids is 3. The van der Waals surface area contributed by atoms with Gasteiger partial charge < -0.3 is 23.6 Å². The van der Waals surface area contributed by atoms with Crippen LogP contribution in [0.1, 0.15) is 27.2 Å². The number of ether oxygens (including phenoxy) is 2. The SMILES string of the molecule is CC(C)OC(=O)[C@H](C)NP(=S)(OC[C@@]1(C(F)F)O[C@@H](N2C=CC(=O)CC2=O)C(F)(F)[C@@H]1O)Oc1cccc2ccccc12. The Morgan fingerprint density at radius 1 is 1.19 bits per heavy atom. The van der Waals surface area contributed by atoms with Gasteiger partial charge in [0.1, 0.15) is 11.8 Å². The van der Waals surface area contributed by atoms with Crippen LogP contribution in [0, 0.1) is 0 Å². The molecule has 5 atom stereocenters. The van der Waals surface area contributed by atoms with E-state index in [0.29, 0.717) is 17.0 Å². The summed E-state index contributed by atoms with van der Waals surface area (Å²) in [5.41, 5.74) is -3.40. The lowest BCUT2D eigenvalue weighted by molar-refractivity contribution is -0.201. The second-order valence-electron chi connectivity index (χ2n) is 10.2. The molecule has 2 aliphatic heterocycles. The molecule has 10 nitrogen and oxygen atoms in total. The van der Waals surface area contributed by atoms with E-state index >= 15 is 8.78 Å². The zero-order chi connectivity index (χ0) is 31.7. The lowest BCUT2D eigenvalue weighted by Gasteiger charge is -2.34. The third kappa shape index (κ3) is 6.76. The van der Waals surface area contributed by atoms with Crippen molar-refractivity contribution in [3.8, 4) is 5.75 Å². The zero-order valence-corrected chi connectivity index (χ0v) is 24.8. The highest BCUT2D eigenvalue weighted by Gasteiger charge is 2.72. The van der Waals surface area contributed by atoms with Crippen LogP contribution >= 0.6 is 6.64 Å². The number of benzene rings is 2. The molecule has 0 radical (unpaired) electrons. The number of allylic oxidation sites excluding steroid dienone is 1. The van der Waals surface area contributed by atoms with Gasteiger partial charge in [0.25, 0.3) is 6.43 Å². The molecule has 2 aromatic rings. The smallest absolute Gasteiger partial charge is 0.323 e. The highest BCUT2D eigenvalue weighted by molar-refractivity contribution is 8.09. The lowest BCUT2D eigenvalue weighted by atomic mass is 9.95. The minimum absolute atomic E-state index is 0.134. The molecule has 2 aliphatic rings. The van der Waals surface area contributed by atoms with Crippen LogP contribution in [-0.4, -0.2) is 76.7 Å². The van der Waals surface area contributed by atoms with E-state index < -0.39 is 79.8 Å². The van der Waals surface area contributed by atoms with Gasteiger partial charge in [0, 0.05) is 11.6 Å². The number of halogens is 4. The van der Waals surface area contributed by atoms with Crippen LogP contribution < -0.4 is 9.61 Å². The summed E-state index contributed by atoms with van der Waals surface area (Å²) < 4.78 is 81.6. The highest BCUT2D eigenvalue weighted by atomic mass is 32.5.